The molecule has 0 amide bonds. The van der Waals surface area contributed by atoms with Crippen molar-refractivity contribution in [2.24, 2.45) is 0 Å². The van der Waals surface area contributed by atoms with Crippen molar-refractivity contribution in [2.75, 3.05) is 0 Å². The van der Waals surface area contributed by atoms with E-state index in [1.807, 2.05) is 0 Å². The molecule has 0 atom stereocenters. The molecule has 1 rings (SSSR count). The molecule has 0 aliphatic carbocycles. The molecule has 1 aromatic heterocycles. The summed E-state index contributed by atoms with van der Waals surface area (Å²) >= 11 is 1.73. The van der Waals surface area contributed by atoms with Crippen LogP contribution in [-0.2, 0) is 0 Å². The lowest BCUT2D eigenvalue weighted by Gasteiger charge is -1.82. The molecule has 0 bridgehead atoms. The Balaban J connectivity index is 2.56. The van der Waals surface area contributed by atoms with Gasteiger partial charge >= 0.3 is 0 Å². The molecular formula is C10H12S. The van der Waals surface area contributed by atoms with Gasteiger partial charge in [0.05, 0.1) is 0 Å². The summed E-state index contributed by atoms with van der Waals surface area (Å²) in [6.07, 6.45) is 6.30. The van der Waals surface area contributed by atoms with E-state index in [1.165, 1.54) is 11.1 Å². The van der Waals surface area contributed by atoms with Crippen molar-refractivity contribution in [3.05, 3.63) is 40.1 Å². The second kappa shape index (κ2) is 4.14. The van der Waals surface area contributed by atoms with Crippen LogP contribution in [0, 0.1) is 0 Å². The Kier molecular flexibility index (Phi) is 3.12. The molecule has 58 valence electrons. The van der Waals surface area contributed by atoms with Crippen molar-refractivity contribution in [2.45, 2.75) is 13.8 Å². The minimum atomic E-state index is 1.28. The first-order valence-corrected chi connectivity index (χ1v) is 4.57. The number of rotatable bonds is 2. The predicted molar refractivity (Wildman–Crippen MR) is 52.8 cm³/mol. The lowest BCUT2D eigenvalue weighted by molar-refractivity contribution is 1.40. The summed E-state index contributed by atoms with van der Waals surface area (Å²) < 4.78 is 0. The highest BCUT2D eigenvalue weighted by molar-refractivity contribution is 7.08. The van der Waals surface area contributed by atoms with E-state index >= 15 is 0 Å². The third kappa shape index (κ3) is 3.19. The molecular weight excluding hydrogens is 152 g/mol. The standard InChI is InChI=1S/C10H12S/c1-9(2)4-3-5-10-6-7-11-8-10/h3-8H,1-2H3/b5-3-. The van der Waals surface area contributed by atoms with Crippen molar-refractivity contribution in [3.8, 4) is 0 Å². The van der Waals surface area contributed by atoms with E-state index in [4.69, 9.17) is 0 Å². The first-order chi connectivity index (χ1) is 5.29. The monoisotopic (exact) mass is 164 g/mol. The lowest BCUT2D eigenvalue weighted by Crippen LogP contribution is -1.60. The summed E-state index contributed by atoms with van der Waals surface area (Å²) in [4.78, 5) is 0. The summed E-state index contributed by atoms with van der Waals surface area (Å²) in [6.45, 7) is 4.19. The lowest BCUT2D eigenvalue weighted by atomic mass is 10.2. The van der Waals surface area contributed by atoms with E-state index in [-0.39, 0.29) is 0 Å². The summed E-state index contributed by atoms with van der Waals surface area (Å²) in [5.41, 5.74) is 2.61. The van der Waals surface area contributed by atoms with E-state index in [9.17, 15) is 0 Å². The van der Waals surface area contributed by atoms with Gasteiger partial charge in [0, 0.05) is 0 Å². The van der Waals surface area contributed by atoms with E-state index in [1.54, 1.807) is 11.3 Å². The number of allylic oxidation sites excluding steroid dienone is 3. The van der Waals surface area contributed by atoms with Gasteiger partial charge in [-0.25, -0.2) is 0 Å². The highest BCUT2D eigenvalue weighted by Crippen LogP contribution is 2.07. The van der Waals surface area contributed by atoms with Crippen LogP contribution in [0.1, 0.15) is 19.4 Å². The summed E-state index contributed by atoms with van der Waals surface area (Å²) in [6, 6.07) is 2.11. The van der Waals surface area contributed by atoms with Gasteiger partial charge in [-0.1, -0.05) is 23.8 Å². The molecule has 0 radical (unpaired) electrons. The summed E-state index contributed by atoms with van der Waals surface area (Å²) in [5.74, 6) is 0. The van der Waals surface area contributed by atoms with Crippen LogP contribution in [0.15, 0.2) is 34.6 Å². The van der Waals surface area contributed by atoms with Crippen LogP contribution in [0.3, 0.4) is 0 Å². The highest BCUT2D eigenvalue weighted by Gasteiger charge is 1.81. The van der Waals surface area contributed by atoms with E-state index < -0.39 is 0 Å². The van der Waals surface area contributed by atoms with Gasteiger partial charge in [0.15, 0.2) is 0 Å². The molecule has 0 aliphatic rings. The van der Waals surface area contributed by atoms with Crippen molar-refractivity contribution >= 4 is 17.4 Å². The molecule has 1 heterocycles. The first-order valence-electron chi connectivity index (χ1n) is 3.63. The second-order valence-electron chi connectivity index (χ2n) is 2.66. The third-order valence-corrected chi connectivity index (χ3v) is 1.96. The van der Waals surface area contributed by atoms with Crippen LogP contribution in [0.5, 0.6) is 0 Å². The molecule has 0 aliphatic heterocycles. The van der Waals surface area contributed by atoms with Crippen molar-refractivity contribution in [1.29, 1.82) is 0 Å². The van der Waals surface area contributed by atoms with E-state index in [0.717, 1.165) is 0 Å². The van der Waals surface area contributed by atoms with Crippen LogP contribution in [0.4, 0.5) is 0 Å². The topological polar surface area (TPSA) is 0 Å². The highest BCUT2D eigenvalue weighted by atomic mass is 32.1. The van der Waals surface area contributed by atoms with Crippen LogP contribution in [0.2, 0.25) is 0 Å². The maximum Gasteiger partial charge on any atom is -0.00208 e. The van der Waals surface area contributed by atoms with Crippen molar-refractivity contribution in [1.82, 2.24) is 0 Å². The Hall–Kier alpha value is -0.820. The Labute approximate surface area is 71.9 Å². The van der Waals surface area contributed by atoms with Gasteiger partial charge in [-0.05, 0) is 36.2 Å². The fraction of sp³-hybridized carbons (Fsp3) is 0.200. The van der Waals surface area contributed by atoms with Crippen molar-refractivity contribution < 1.29 is 0 Å². The normalized spacial score (nSPS) is 10.4. The molecule has 0 saturated carbocycles. The minimum Gasteiger partial charge on any atom is -0.152 e. The number of thiophene rings is 1. The Morgan fingerprint density at radius 3 is 2.82 bits per heavy atom. The van der Waals surface area contributed by atoms with Crippen LogP contribution < -0.4 is 0 Å². The molecule has 0 unspecified atom stereocenters. The average Bonchev–Trinajstić information content (AvgIpc) is 2.39. The molecule has 0 nitrogen and oxygen atoms in total. The average molecular weight is 164 g/mol. The van der Waals surface area contributed by atoms with Gasteiger partial charge in [0.2, 0.25) is 0 Å². The van der Waals surface area contributed by atoms with E-state index in [0.29, 0.717) is 0 Å². The number of hydrogen-bond acceptors (Lipinski definition) is 1. The third-order valence-electron chi connectivity index (χ3n) is 1.26. The maximum atomic E-state index is 2.13. The summed E-state index contributed by atoms with van der Waals surface area (Å²) in [5, 5.41) is 4.22. The zero-order chi connectivity index (χ0) is 8.10. The second-order valence-corrected chi connectivity index (χ2v) is 3.44. The van der Waals surface area contributed by atoms with E-state index in [2.05, 4.69) is 48.9 Å². The maximum absolute atomic E-state index is 2.13. The fourth-order valence-electron chi connectivity index (χ4n) is 0.721. The Morgan fingerprint density at radius 2 is 2.27 bits per heavy atom. The van der Waals surface area contributed by atoms with Crippen LogP contribution in [0.25, 0.3) is 6.08 Å². The Bertz CT molecular complexity index is 248. The first kappa shape index (κ1) is 8.28. The molecule has 1 heteroatoms. The molecule has 0 spiro atoms. The molecule has 11 heavy (non-hydrogen) atoms. The zero-order valence-electron chi connectivity index (χ0n) is 6.87. The minimum absolute atomic E-state index is 1.28. The zero-order valence-corrected chi connectivity index (χ0v) is 7.69. The van der Waals surface area contributed by atoms with Gasteiger partial charge in [0.25, 0.3) is 0 Å². The van der Waals surface area contributed by atoms with Gasteiger partial charge in [-0.3, -0.25) is 0 Å². The molecule has 0 aromatic carbocycles. The SMILES string of the molecule is CC(C)=C/C=C\c1ccsc1. The van der Waals surface area contributed by atoms with Crippen molar-refractivity contribution in [3.63, 3.8) is 0 Å². The van der Waals surface area contributed by atoms with Crippen LogP contribution >= 0.6 is 11.3 Å². The molecule has 0 N–H and O–H groups in total. The largest absolute Gasteiger partial charge is 0.152 e. The van der Waals surface area contributed by atoms with Gasteiger partial charge in [-0.15, -0.1) is 0 Å². The van der Waals surface area contributed by atoms with Crippen LogP contribution in [-0.4, -0.2) is 0 Å². The smallest absolute Gasteiger partial charge is 0.00208 e. The molecule has 0 saturated heterocycles. The summed E-state index contributed by atoms with van der Waals surface area (Å²) in [7, 11) is 0. The Morgan fingerprint density at radius 1 is 1.45 bits per heavy atom. The number of hydrogen-bond donors (Lipinski definition) is 0. The fourth-order valence-corrected chi connectivity index (χ4v) is 1.35. The quantitative estimate of drug-likeness (QED) is 0.584. The molecule has 1 aromatic rings. The van der Waals surface area contributed by atoms with Gasteiger partial charge in [-0.2, -0.15) is 11.3 Å². The molecule has 0 fully saturated rings. The van der Waals surface area contributed by atoms with Gasteiger partial charge < -0.3 is 0 Å². The van der Waals surface area contributed by atoms with Gasteiger partial charge in [0.1, 0.15) is 0 Å². The predicted octanol–water partition coefficient (Wildman–Crippen LogP) is 3.73.